The van der Waals surface area contributed by atoms with E-state index in [1.807, 2.05) is 20.8 Å². The molecular formula is C31H45N3O8. The molecule has 2 amide bonds. The number of aliphatic hydroxyl groups excluding tert-OH is 1. The minimum Gasteiger partial charge on any atom is -0.439 e. The third kappa shape index (κ3) is 9.23. The zero-order chi connectivity index (χ0) is 31.6. The van der Waals surface area contributed by atoms with Crippen LogP contribution in [0.5, 0.6) is 0 Å². The largest absolute Gasteiger partial charge is 0.439 e. The first-order chi connectivity index (χ1) is 19.8. The highest BCUT2D eigenvalue weighted by atomic mass is 16.6. The summed E-state index contributed by atoms with van der Waals surface area (Å²) >= 11 is 0. The number of allylic oxidation sites excluding steroid dienone is 4. The lowest BCUT2D eigenvalue weighted by Crippen LogP contribution is -2.38. The van der Waals surface area contributed by atoms with E-state index in [0.717, 1.165) is 12.5 Å². The monoisotopic (exact) mass is 587 g/mol. The van der Waals surface area contributed by atoms with Gasteiger partial charge >= 0.3 is 6.09 Å². The van der Waals surface area contributed by atoms with Crippen molar-refractivity contribution < 1.29 is 38.5 Å². The molecule has 2 bridgehead atoms. The van der Waals surface area contributed by atoms with E-state index in [1.54, 1.807) is 32.1 Å². The number of ether oxygens (including phenoxy) is 3. The van der Waals surface area contributed by atoms with Gasteiger partial charge in [-0.05, 0) is 44.6 Å². The number of hydrogen-bond acceptors (Lipinski definition) is 9. The Hall–Kier alpha value is -3.54. The summed E-state index contributed by atoms with van der Waals surface area (Å²) in [5.74, 6) is -2.01. The van der Waals surface area contributed by atoms with Gasteiger partial charge in [0.25, 0.3) is 5.91 Å². The summed E-state index contributed by atoms with van der Waals surface area (Å²) < 4.78 is 16.6. The molecule has 2 aliphatic rings. The summed E-state index contributed by atoms with van der Waals surface area (Å²) in [7, 11) is 2.94. The van der Waals surface area contributed by atoms with Gasteiger partial charge in [-0.3, -0.25) is 14.4 Å². The van der Waals surface area contributed by atoms with Crippen LogP contribution < -0.4 is 16.4 Å². The van der Waals surface area contributed by atoms with Crippen LogP contribution in [0.25, 0.3) is 0 Å². The van der Waals surface area contributed by atoms with Crippen molar-refractivity contribution in [1.82, 2.24) is 10.6 Å². The Kier molecular flexibility index (Phi) is 13.4. The van der Waals surface area contributed by atoms with Gasteiger partial charge in [0, 0.05) is 43.9 Å². The van der Waals surface area contributed by atoms with Crippen molar-refractivity contribution in [2.24, 2.45) is 17.6 Å². The number of hydrogen-bond donors (Lipinski definition) is 4. The fourth-order valence-corrected chi connectivity index (χ4v) is 5.03. The maximum absolute atomic E-state index is 13.6. The van der Waals surface area contributed by atoms with Gasteiger partial charge in [0.2, 0.25) is 11.6 Å². The third-order valence-corrected chi connectivity index (χ3v) is 7.35. The van der Waals surface area contributed by atoms with E-state index in [4.69, 9.17) is 19.9 Å². The number of amides is 2. The zero-order valence-corrected chi connectivity index (χ0v) is 25.6. The number of carbonyl (C=O) groups excluding carboxylic acids is 4. The number of nitrogens with two attached hydrogens (primary N) is 1. The summed E-state index contributed by atoms with van der Waals surface area (Å²) in [5.41, 5.74) is 6.59. The number of fused-ring (bicyclic) bond motifs is 2. The van der Waals surface area contributed by atoms with Crippen LogP contribution in [0.4, 0.5) is 4.79 Å². The van der Waals surface area contributed by atoms with E-state index in [-0.39, 0.29) is 34.9 Å². The smallest absolute Gasteiger partial charge is 0.405 e. The molecule has 0 spiro atoms. The second kappa shape index (κ2) is 16.2. The number of carbonyl (C=O) groups is 4. The molecule has 1 heterocycles. The Morgan fingerprint density at radius 1 is 1.17 bits per heavy atom. The standard InChI is InChI=1S/C31H45N3O8/c1-8-12-33-26-21-13-17(2)14-25(41-7)27(36)19(4)15-20(5)29(42-31(32)39)24(40-6)11-9-10-18(3)30(38)34-22(28(21)37)16-23(26)35/h9-11,15-17,19,24-25,27,29,33,36H,8,12-14H2,1-7H3,(H2,32,39)(H,34,38)/t17-,19+,24+,25+,27-,29+/m1/s1. The molecule has 232 valence electrons. The average molecular weight is 588 g/mol. The highest BCUT2D eigenvalue weighted by Gasteiger charge is 2.33. The maximum Gasteiger partial charge on any atom is 0.405 e. The van der Waals surface area contributed by atoms with Crippen LogP contribution >= 0.6 is 0 Å². The van der Waals surface area contributed by atoms with E-state index >= 15 is 0 Å². The van der Waals surface area contributed by atoms with Gasteiger partial charge in [0.05, 0.1) is 23.6 Å². The molecule has 0 saturated carbocycles. The van der Waals surface area contributed by atoms with Gasteiger partial charge in [-0.25, -0.2) is 4.79 Å². The summed E-state index contributed by atoms with van der Waals surface area (Å²) in [6.07, 6.45) is 4.69. The Morgan fingerprint density at radius 2 is 1.86 bits per heavy atom. The molecule has 11 nitrogen and oxygen atoms in total. The first-order valence-corrected chi connectivity index (χ1v) is 14.2. The molecule has 0 aromatic heterocycles. The highest BCUT2D eigenvalue weighted by molar-refractivity contribution is 6.23. The Labute approximate surface area is 247 Å². The van der Waals surface area contributed by atoms with E-state index in [2.05, 4.69) is 10.6 Å². The quantitative estimate of drug-likeness (QED) is 0.270. The topological polar surface area (TPSA) is 166 Å². The summed E-state index contributed by atoms with van der Waals surface area (Å²) in [5, 5.41) is 16.9. The number of aliphatic hydroxyl groups is 1. The van der Waals surface area contributed by atoms with Crippen LogP contribution in [0.3, 0.4) is 0 Å². The second-order valence-electron chi connectivity index (χ2n) is 10.9. The molecule has 42 heavy (non-hydrogen) atoms. The van der Waals surface area contributed by atoms with Crippen LogP contribution in [-0.4, -0.2) is 73.9 Å². The van der Waals surface area contributed by atoms with Crippen molar-refractivity contribution >= 4 is 23.6 Å². The second-order valence-corrected chi connectivity index (χ2v) is 10.9. The van der Waals surface area contributed by atoms with E-state index in [9.17, 15) is 24.3 Å². The van der Waals surface area contributed by atoms with Crippen molar-refractivity contribution in [3.05, 3.63) is 58.5 Å². The zero-order valence-electron chi connectivity index (χ0n) is 25.6. The number of rotatable bonds is 6. The van der Waals surface area contributed by atoms with Crippen LogP contribution in [0.15, 0.2) is 58.5 Å². The molecule has 0 fully saturated rings. The summed E-state index contributed by atoms with van der Waals surface area (Å²) in [6.45, 7) is 9.47. The highest BCUT2D eigenvalue weighted by Crippen LogP contribution is 2.28. The molecule has 1 aliphatic carbocycles. The first kappa shape index (κ1) is 34.7. The SMILES string of the molecule is CCCNC1=C2C[C@@H](C)C[C@H](OC)[C@H](O)[C@@H](C)C=C(C)[C@H](OC(N)=O)[C@@H](OC)C=CC=C(C)C(=O)NC(=CC1=O)C2=O. The third-order valence-electron chi connectivity index (χ3n) is 7.35. The molecule has 0 unspecified atom stereocenters. The fourth-order valence-electron chi connectivity index (χ4n) is 5.03. The summed E-state index contributed by atoms with van der Waals surface area (Å²) in [4.78, 5) is 51.4. The molecule has 0 aromatic carbocycles. The Balaban J connectivity index is 2.61. The molecule has 0 aromatic rings. The minimum absolute atomic E-state index is 0.106. The molecular weight excluding hydrogens is 542 g/mol. The number of ketones is 2. The minimum atomic E-state index is -0.995. The number of nitrogens with one attached hydrogen (secondary N) is 2. The Bertz CT molecular complexity index is 1180. The molecule has 1 aliphatic heterocycles. The van der Waals surface area contributed by atoms with Crippen molar-refractivity contribution in [2.75, 3.05) is 20.8 Å². The van der Waals surface area contributed by atoms with Gasteiger partial charge in [-0.2, -0.15) is 0 Å². The number of Topliss-reactive ketones (excluding diaryl/α,β-unsaturated/α-hetero) is 1. The molecule has 2 rings (SSSR count). The van der Waals surface area contributed by atoms with Crippen LogP contribution in [0.1, 0.15) is 53.9 Å². The average Bonchev–Trinajstić information content (AvgIpc) is 2.94. The van der Waals surface area contributed by atoms with Crippen molar-refractivity contribution in [2.45, 2.75) is 78.3 Å². The fraction of sp³-hybridized carbons (Fsp3) is 0.548. The van der Waals surface area contributed by atoms with Crippen molar-refractivity contribution in [3.63, 3.8) is 0 Å². The van der Waals surface area contributed by atoms with Gasteiger partial charge < -0.3 is 35.7 Å². The maximum atomic E-state index is 13.6. The normalized spacial score (nSPS) is 28.5. The number of methoxy groups -OCH3 is 2. The Morgan fingerprint density at radius 3 is 2.45 bits per heavy atom. The van der Waals surface area contributed by atoms with E-state index in [0.29, 0.717) is 18.5 Å². The molecule has 5 N–H and O–H groups in total. The molecule has 0 saturated heterocycles. The molecule has 6 atom stereocenters. The van der Waals surface area contributed by atoms with E-state index < -0.39 is 53.9 Å². The van der Waals surface area contributed by atoms with Gasteiger partial charge in [-0.15, -0.1) is 0 Å². The van der Waals surface area contributed by atoms with Crippen LogP contribution in [-0.2, 0) is 28.6 Å². The lowest BCUT2D eigenvalue weighted by atomic mass is 9.85. The predicted molar refractivity (Wildman–Crippen MR) is 158 cm³/mol. The first-order valence-electron chi connectivity index (χ1n) is 14.2. The molecule has 0 radical (unpaired) electrons. The van der Waals surface area contributed by atoms with Gasteiger partial charge in [0.15, 0.2) is 6.10 Å². The van der Waals surface area contributed by atoms with Crippen molar-refractivity contribution in [3.8, 4) is 0 Å². The van der Waals surface area contributed by atoms with Crippen LogP contribution in [0, 0.1) is 11.8 Å². The predicted octanol–water partition coefficient (Wildman–Crippen LogP) is 2.76. The summed E-state index contributed by atoms with van der Waals surface area (Å²) in [6, 6.07) is 0. The van der Waals surface area contributed by atoms with Gasteiger partial charge in [0.1, 0.15) is 6.10 Å². The molecule has 11 heteroatoms. The van der Waals surface area contributed by atoms with Crippen molar-refractivity contribution in [1.29, 1.82) is 0 Å². The van der Waals surface area contributed by atoms with Gasteiger partial charge in [-0.1, -0.05) is 45.1 Å². The number of primary amides is 1. The van der Waals surface area contributed by atoms with Crippen LogP contribution in [0.2, 0.25) is 0 Å². The lowest BCUT2D eigenvalue weighted by Gasteiger charge is -2.30. The van der Waals surface area contributed by atoms with E-state index in [1.165, 1.54) is 20.3 Å². The lowest BCUT2D eigenvalue weighted by molar-refractivity contribution is -0.120.